The highest BCUT2D eigenvalue weighted by Gasteiger charge is 2.21. The second-order valence-electron chi connectivity index (χ2n) is 8.69. The summed E-state index contributed by atoms with van der Waals surface area (Å²) in [5, 5.41) is 11.5. The number of nitrogens with zero attached hydrogens (tertiary/aromatic N) is 3. The van der Waals surface area contributed by atoms with Crippen molar-refractivity contribution in [1.29, 1.82) is 0 Å². The molecule has 0 radical (unpaired) electrons. The first kappa shape index (κ1) is 24.0. The van der Waals surface area contributed by atoms with Crippen LogP contribution < -0.4 is 20.1 Å². The lowest BCUT2D eigenvalue weighted by molar-refractivity contribution is 0.198. The van der Waals surface area contributed by atoms with Gasteiger partial charge in [-0.1, -0.05) is 12.1 Å². The Morgan fingerprint density at radius 1 is 1.28 bits per heavy atom. The molecule has 0 saturated heterocycles. The maximum atomic E-state index is 6.37. The van der Waals surface area contributed by atoms with Gasteiger partial charge in [-0.15, -0.1) is 0 Å². The maximum Gasteiger partial charge on any atom is 0.191 e. The van der Waals surface area contributed by atoms with E-state index in [1.807, 2.05) is 23.9 Å². The summed E-state index contributed by atoms with van der Waals surface area (Å²) in [6.45, 7) is 9.77. The smallest absolute Gasteiger partial charge is 0.191 e. The first-order valence-electron chi connectivity index (χ1n) is 11.8. The van der Waals surface area contributed by atoms with Gasteiger partial charge < -0.3 is 20.1 Å². The summed E-state index contributed by atoms with van der Waals surface area (Å²) < 4.78 is 13.9. The summed E-state index contributed by atoms with van der Waals surface area (Å²) in [5.41, 5.74) is 4.64. The first-order chi connectivity index (χ1) is 15.4. The quantitative estimate of drug-likeness (QED) is 0.454. The normalized spacial score (nSPS) is 15.6. The predicted molar refractivity (Wildman–Crippen MR) is 130 cm³/mol. The molecular weight excluding hydrogens is 402 g/mol. The third kappa shape index (κ3) is 5.96. The van der Waals surface area contributed by atoms with E-state index in [1.165, 1.54) is 24.1 Å². The highest BCUT2D eigenvalue weighted by atomic mass is 16.5. The zero-order valence-electron chi connectivity index (χ0n) is 20.5. The van der Waals surface area contributed by atoms with Gasteiger partial charge in [0.1, 0.15) is 0 Å². The van der Waals surface area contributed by atoms with Crippen molar-refractivity contribution in [2.24, 2.45) is 12.0 Å². The number of ether oxygens (including phenoxy) is 2. The minimum atomic E-state index is 0.217. The van der Waals surface area contributed by atoms with E-state index in [9.17, 15) is 0 Å². The van der Waals surface area contributed by atoms with Gasteiger partial charge >= 0.3 is 0 Å². The Morgan fingerprint density at radius 2 is 2.03 bits per heavy atom. The van der Waals surface area contributed by atoms with Crippen LogP contribution in [-0.2, 0) is 20.0 Å². The Balaban J connectivity index is 1.73. The van der Waals surface area contributed by atoms with Crippen LogP contribution in [0.25, 0.3) is 0 Å². The van der Waals surface area contributed by atoms with Gasteiger partial charge in [-0.05, 0) is 71.4 Å². The Bertz CT molecular complexity index is 915. The molecule has 1 aromatic carbocycles. The molecule has 2 aromatic rings. The lowest BCUT2D eigenvalue weighted by atomic mass is 10.1. The third-order valence-electron chi connectivity index (χ3n) is 6.17. The highest BCUT2D eigenvalue weighted by molar-refractivity contribution is 5.80. The Kier molecular flexibility index (Phi) is 8.42. The largest absolute Gasteiger partial charge is 0.493 e. The zero-order chi connectivity index (χ0) is 23.1. The SMILES string of the molecule is CCNC(=NCc1cccc(OC)c1OC1CCCC1)NC(C)Cc1c(C)nn(C)c1C. The molecule has 32 heavy (non-hydrogen) atoms. The lowest BCUT2D eigenvalue weighted by Gasteiger charge is -2.20. The average molecular weight is 442 g/mol. The summed E-state index contributed by atoms with van der Waals surface area (Å²) in [7, 11) is 3.69. The van der Waals surface area contributed by atoms with Crippen LogP contribution in [0, 0.1) is 13.8 Å². The fourth-order valence-corrected chi connectivity index (χ4v) is 4.34. The number of aliphatic imine (C=N–C) groups is 1. The number of nitrogens with one attached hydrogen (secondary N) is 2. The van der Waals surface area contributed by atoms with Crippen LogP contribution in [-0.4, -0.2) is 41.5 Å². The molecule has 0 spiro atoms. The fraction of sp³-hybridized carbons (Fsp3) is 0.600. The van der Waals surface area contributed by atoms with Crippen LogP contribution in [0.2, 0.25) is 0 Å². The third-order valence-corrected chi connectivity index (χ3v) is 6.17. The molecule has 7 heteroatoms. The Labute approximate surface area is 192 Å². The first-order valence-corrected chi connectivity index (χ1v) is 11.8. The number of methoxy groups -OCH3 is 1. The number of hydrogen-bond donors (Lipinski definition) is 2. The molecular formula is C25H39N5O2. The van der Waals surface area contributed by atoms with Gasteiger partial charge in [0.05, 0.1) is 25.5 Å². The van der Waals surface area contributed by atoms with Crippen LogP contribution in [0.3, 0.4) is 0 Å². The van der Waals surface area contributed by atoms with Gasteiger partial charge in [0.15, 0.2) is 17.5 Å². The molecule has 1 saturated carbocycles. The number of para-hydroxylation sites is 1. The van der Waals surface area contributed by atoms with Crippen molar-refractivity contribution in [1.82, 2.24) is 20.4 Å². The molecule has 176 valence electrons. The standard InChI is InChI=1S/C25H39N5O2/c1-7-26-25(28-17(2)15-22-18(3)29-30(5)19(22)4)27-16-20-11-10-14-23(31-6)24(20)32-21-12-8-9-13-21/h10-11,14,17,21H,7-9,12-13,15-16H2,1-6H3,(H2,26,27,28). The topological polar surface area (TPSA) is 72.7 Å². The van der Waals surface area contributed by atoms with Crippen molar-refractivity contribution >= 4 is 5.96 Å². The van der Waals surface area contributed by atoms with Crippen molar-refractivity contribution in [2.45, 2.75) is 78.5 Å². The van der Waals surface area contributed by atoms with E-state index in [-0.39, 0.29) is 12.1 Å². The minimum Gasteiger partial charge on any atom is -0.493 e. The second kappa shape index (κ2) is 11.2. The number of benzene rings is 1. The van der Waals surface area contributed by atoms with Gasteiger partial charge in [0, 0.05) is 30.9 Å². The summed E-state index contributed by atoms with van der Waals surface area (Å²) in [6, 6.07) is 6.25. The van der Waals surface area contributed by atoms with E-state index in [0.29, 0.717) is 6.54 Å². The summed E-state index contributed by atoms with van der Waals surface area (Å²) in [4.78, 5) is 4.86. The number of aryl methyl sites for hydroxylation is 2. The predicted octanol–water partition coefficient (Wildman–Crippen LogP) is 4.05. The number of rotatable bonds is 9. The molecule has 1 aromatic heterocycles. The van der Waals surface area contributed by atoms with Crippen molar-refractivity contribution < 1.29 is 9.47 Å². The van der Waals surface area contributed by atoms with Gasteiger partial charge in [-0.3, -0.25) is 4.68 Å². The number of hydrogen-bond acceptors (Lipinski definition) is 4. The minimum absolute atomic E-state index is 0.217. The van der Waals surface area contributed by atoms with E-state index in [2.05, 4.69) is 49.5 Å². The van der Waals surface area contributed by atoms with Crippen molar-refractivity contribution in [3.05, 3.63) is 40.7 Å². The van der Waals surface area contributed by atoms with Crippen molar-refractivity contribution in [2.75, 3.05) is 13.7 Å². The molecule has 1 aliphatic rings. The van der Waals surface area contributed by atoms with Crippen LogP contribution in [0.5, 0.6) is 11.5 Å². The van der Waals surface area contributed by atoms with Crippen molar-refractivity contribution in [3.8, 4) is 11.5 Å². The van der Waals surface area contributed by atoms with E-state index in [0.717, 1.165) is 54.5 Å². The van der Waals surface area contributed by atoms with Crippen LogP contribution in [0.15, 0.2) is 23.2 Å². The average Bonchev–Trinajstić information content (AvgIpc) is 3.36. The molecule has 2 N–H and O–H groups in total. The zero-order valence-corrected chi connectivity index (χ0v) is 20.5. The van der Waals surface area contributed by atoms with Crippen LogP contribution in [0.1, 0.15) is 62.0 Å². The summed E-state index contributed by atoms with van der Waals surface area (Å²) in [6.07, 6.45) is 5.84. The van der Waals surface area contributed by atoms with Crippen LogP contribution >= 0.6 is 0 Å². The molecule has 7 nitrogen and oxygen atoms in total. The summed E-state index contributed by atoms with van der Waals surface area (Å²) >= 11 is 0. The molecule has 1 heterocycles. The molecule has 1 atom stereocenters. The van der Waals surface area contributed by atoms with E-state index < -0.39 is 0 Å². The lowest BCUT2D eigenvalue weighted by Crippen LogP contribution is -2.43. The van der Waals surface area contributed by atoms with Gasteiger partial charge in [0.25, 0.3) is 0 Å². The molecule has 0 aliphatic heterocycles. The second-order valence-corrected chi connectivity index (χ2v) is 8.69. The van der Waals surface area contributed by atoms with E-state index in [4.69, 9.17) is 14.5 Å². The van der Waals surface area contributed by atoms with E-state index in [1.54, 1.807) is 7.11 Å². The van der Waals surface area contributed by atoms with Gasteiger partial charge in [-0.2, -0.15) is 5.10 Å². The molecule has 1 aliphatic carbocycles. The van der Waals surface area contributed by atoms with Crippen LogP contribution in [0.4, 0.5) is 0 Å². The molecule has 1 fully saturated rings. The van der Waals surface area contributed by atoms with Gasteiger partial charge in [0.2, 0.25) is 0 Å². The fourth-order valence-electron chi connectivity index (χ4n) is 4.34. The number of guanidine groups is 1. The Hall–Kier alpha value is -2.70. The number of aromatic nitrogens is 2. The molecule has 1 unspecified atom stereocenters. The van der Waals surface area contributed by atoms with Gasteiger partial charge in [-0.25, -0.2) is 4.99 Å². The Morgan fingerprint density at radius 3 is 2.66 bits per heavy atom. The molecule has 0 bridgehead atoms. The molecule has 0 amide bonds. The molecule has 3 rings (SSSR count). The van der Waals surface area contributed by atoms with E-state index >= 15 is 0 Å². The maximum absolute atomic E-state index is 6.37. The highest BCUT2D eigenvalue weighted by Crippen LogP contribution is 2.35. The monoisotopic (exact) mass is 441 g/mol. The summed E-state index contributed by atoms with van der Waals surface area (Å²) in [5.74, 6) is 2.41. The van der Waals surface area contributed by atoms with Crippen molar-refractivity contribution in [3.63, 3.8) is 0 Å².